The number of fused-ring (bicyclic) bond motifs is 1. The lowest BCUT2D eigenvalue weighted by Gasteiger charge is -2.37. The molecule has 3 heterocycles. The summed E-state index contributed by atoms with van der Waals surface area (Å²) in [4.78, 5) is 69.9. The smallest absolute Gasteiger partial charge is 0.287 e. The molecule has 0 spiro atoms. The largest absolute Gasteiger partial charge is 0.497 e. The minimum Gasteiger partial charge on any atom is -0.497 e. The zero-order valence-electron chi connectivity index (χ0n) is 30.5. The molecule has 53 heavy (non-hydrogen) atoms. The van der Waals surface area contributed by atoms with Gasteiger partial charge in [0.15, 0.2) is 0 Å². The summed E-state index contributed by atoms with van der Waals surface area (Å²) in [6, 6.07) is 8.17. The summed E-state index contributed by atoms with van der Waals surface area (Å²) < 4.78 is 12.3. The number of aromatic nitrogens is 3. The number of benzene rings is 2. The van der Waals surface area contributed by atoms with Crippen LogP contribution in [-0.4, -0.2) is 98.9 Å². The van der Waals surface area contributed by atoms with E-state index in [4.69, 9.17) is 15.2 Å². The minimum absolute atomic E-state index is 0.0120. The molecular weight excluding hydrogens is 682 g/mol. The highest BCUT2D eigenvalue weighted by molar-refractivity contribution is 6.39. The summed E-state index contributed by atoms with van der Waals surface area (Å²) in [5.41, 5.74) is 3.28. The zero-order valence-corrected chi connectivity index (χ0v) is 30.5. The van der Waals surface area contributed by atoms with Crippen LogP contribution in [0.15, 0.2) is 42.6 Å². The Morgan fingerprint density at radius 1 is 1.06 bits per heavy atom. The fourth-order valence-corrected chi connectivity index (χ4v) is 8.03. The molecule has 1 unspecified atom stereocenters. The summed E-state index contributed by atoms with van der Waals surface area (Å²) in [6.07, 6.45) is 6.95. The van der Waals surface area contributed by atoms with Crippen LogP contribution in [0.3, 0.4) is 0 Å². The molecule has 3 fully saturated rings. The van der Waals surface area contributed by atoms with E-state index in [1.807, 2.05) is 24.3 Å². The molecule has 3 atom stereocenters. The van der Waals surface area contributed by atoms with Gasteiger partial charge in [0, 0.05) is 44.6 Å². The van der Waals surface area contributed by atoms with Gasteiger partial charge in [-0.25, -0.2) is 4.68 Å². The number of hydrogen-bond donors (Lipinski definition) is 4. The van der Waals surface area contributed by atoms with E-state index in [2.05, 4.69) is 20.9 Å². The first-order valence-corrected chi connectivity index (χ1v) is 18.4. The lowest BCUT2D eigenvalue weighted by Crippen LogP contribution is -2.64. The molecule has 5 N–H and O–H groups in total. The fraction of sp³-hybridized carbons (Fsp3) is 0.553. The molecule has 1 aromatic heterocycles. The first kappa shape index (κ1) is 37.9. The van der Waals surface area contributed by atoms with Crippen LogP contribution in [0, 0.1) is 5.92 Å². The van der Waals surface area contributed by atoms with E-state index >= 15 is 0 Å². The van der Waals surface area contributed by atoms with Crippen molar-refractivity contribution in [2.45, 2.75) is 101 Å². The monoisotopic (exact) mass is 731 g/mol. The van der Waals surface area contributed by atoms with Crippen molar-refractivity contribution in [3.63, 3.8) is 0 Å². The van der Waals surface area contributed by atoms with Gasteiger partial charge in [-0.2, -0.15) is 0 Å². The number of amides is 4. The van der Waals surface area contributed by atoms with Crippen molar-refractivity contribution in [1.29, 1.82) is 0 Å². The number of methoxy groups -OCH3 is 1. The molecule has 3 aliphatic rings. The number of Topliss-reactive ketones (excluding diaryl/α,β-unsaturated/α-hetero) is 1. The van der Waals surface area contributed by atoms with Crippen molar-refractivity contribution < 1.29 is 38.6 Å². The molecule has 0 radical (unpaired) electrons. The zero-order chi connectivity index (χ0) is 37.9. The van der Waals surface area contributed by atoms with Gasteiger partial charge in [-0.05, 0) is 61.2 Å². The molecule has 284 valence electrons. The molecule has 1 aliphatic carbocycles. The van der Waals surface area contributed by atoms with E-state index in [9.17, 15) is 29.1 Å². The molecule has 2 aliphatic heterocycles. The number of ether oxygens (including phenoxy) is 2. The number of nitrogens with two attached hydrogens (primary N) is 1. The van der Waals surface area contributed by atoms with E-state index in [1.54, 1.807) is 33.1 Å². The summed E-state index contributed by atoms with van der Waals surface area (Å²) in [7, 11) is 1.59. The lowest BCUT2D eigenvalue weighted by molar-refractivity contribution is -0.147. The number of nitrogens with one attached hydrogen (secondary N) is 2. The summed E-state index contributed by atoms with van der Waals surface area (Å²) in [5.74, 6) is -2.76. The van der Waals surface area contributed by atoms with Crippen LogP contribution in [-0.2, 0) is 29.5 Å². The van der Waals surface area contributed by atoms with Crippen LogP contribution in [0.25, 0.3) is 10.8 Å². The topological polar surface area (TPSA) is 208 Å². The standard InChI is InChI=1S/C38H49N7O8/c1-37(2,51)31-21-40-43-45(31)27-20-30(35(49)42-38(32(46)33(39)47)13-15-53-16-14-38)44(22-27)36(50)29(17-23-7-5-4-6-8-23)41-34(48)26-10-9-25-19-28(52-3)12-11-24(25)18-26/h9-12,18-19,21,23,27,29-30,51H,4-8,13-17,20,22H2,1-3H3,(H2,39,47)(H,41,48)(H,42,49)/t27-,29?,30-/m0/s1. The average molecular weight is 732 g/mol. The third-order valence-electron chi connectivity index (χ3n) is 11.0. The Morgan fingerprint density at radius 3 is 2.43 bits per heavy atom. The summed E-state index contributed by atoms with van der Waals surface area (Å²) in [6.45, 7) is 3.45. The molecule has 2 saturated heterocycles. The van der Waals surface area contributed by atoms with Gasteiger partial charge in [0.2, 0.25) is 17.6 Å². The Labute approximate surface area is 307 Å². The summed E-state index contributed by atoms with van der Waals surface area (Å²) >= 11 is 0. The van der Waals surface area contributed by atoms with Crippen molar-refractivity contribution in [3.8, 4) is 5.75 Å². The molecule has 15 nitrogen and oxygen atoms in total. The van der Waals surface area contributed by atoms with Crippen molar-refractivity contribution >= 4 is 40.2 Å². The number of carbonyl (C=O) groups is 5. The number of aliphatic hydroxyl groups is 1. The van der Waals surface area contributed by atoms with Gasteiger partial charge >= 0.3 is 0 Å². The Morgan fingerprint density at radius 2 is 1.75 bits per heavy atom. The molecular formula is C38H49N7O8. The van der Waals surface area contributed by atoms with Crippen molar-refractivity contribution in [1.82, 2.24) is 30.5 Å². The highest BCUT2D eigenvalue weighted by Crippen LogP contribution is 2.34. The Hall–Kier alpha value is -4.89. The fourth-order valence-electron chi connectivity index (χ4n) is 8.03. The predicted molar refractivity (Wildman–Crippen MR) is 192 cm³/mol. The molecule has 15 heteroatoms. The Kier molecular flexibility index (Phi) is 11.1. The number of rotatable bonds is 12. The van der Waals surface area contributed by atoms with Crippen LogP contribution in [0.1, 0.15) is 93.7 Å². The molecule has 3 aromatic rings. The Bertz CT molecular complexity index is 1860. The predicted octanol–water partition coefficient (Wildman–Crippen LogP) is 2.30. The van der Waals surface area contributed by atoms with Crippen molar-refractivity contribution in [2.75, 3.05) is 26.9 Å². The van der Waals surface area contributed by atoms with Gasteiger partial charge in [0.05, 0.1) is 25.0 Å². The molecule has 0 bridgehead atoms. The first-order chi connectivity index (χ1) is 25.3. The highest BCUT2D eigenvalue weighted by Gasteiger charge is 2.49. The highest BCUT2D eigenvalue weighted by atomic mass is 16.5. The van der Waals surface area contributed by atoms with Crippen LogP contribution in [0.5, 0.6) is 5.75 Å². The maximum absolute atomic E-state index is 14.9. The number of primary amides is 1. The number of nitrogens with zero attached hydrogens (tertiary/aromatic N) is 4. The Balaban J connectivity index is 1.33. The average Bonchev–Trinajstić information content (AvgIpc) is 3.83. The second-order valence-corrected chi connectivity index (χ2v) is 15.1. The third kappa shape index (κ3) is 8.20. The van der Waals surface area contributed by atoms with Crippen LogP contribution in [0.4, 0.5) is 0 Å². The number of carbonyl (C=O) groups excluding carboxylic acids is 5. The number of hydrogen-bond acceptors (Lipinski definition) is 10. The van der Waals surface area contributed by atoms with Crippen LogP contribution in [0.2, 0.25) is 0 Å². The maximum Gasteiger partial charge on any atom is 0.287 e. The molecule has 2 aromatic carbocycles. The molecule has 1 saturated carbocycles. The van der Waals surface area contributed by atoms with Crippen LogP contribution < -0.4 is 21.1 Å². The van der Waals surface area contributed by atoms with E-state index < -0.39 is 58.7 Å². The SMILES string of the molecule is COc1ccc2cc(C(=O)NC(CC3CCCCC3)C(=O)N3C[C@@H](n4nncc4C(C)(C)O)C[C@H]3C(=O)NC3(C(=O)C(N)=O)CCOCC3)ccc2c1. The quantitative estimate of drug-likeness (QED) is 0.200. The number of ketones is 1. The normalized spacial score (nSPS) is 21.2. The first-order valence-electron chi connectivity index (χ1n) is 18.4. The van der Waals surface area contributed by atoms with E-state index in [0.29, 0.717) is 23.4 Å². The lowest BCUT2D eigenvalue weighted by atomic mass is 9.84. The van der Waals surface area contributed by atoms with Gasteiger partial charge in [0.1, 0.15) is 29.0 Å². The van der Waals surface area contributed by atoms with E-state index in [1.165, 1.54) is 15.8 Å². The van der Waals surface area contributed by atoms with E-state index in [0.717, 1.165) is 42.9 Å². The van der Waals surface area contributed by atoms with Gasteiger partial charge in [-0.15, -0.1) is 5.10 Å². The van der Waals surface area contributed by atoms with Gasteiger partial charge in [0.25, 0.3) is 11.8 Å². The van der Waals surface area contributed by atoms with Gasteiger partial charge in [-0.3, -0.25) is 24.0 Å². The number of likely N-dealkylation sites (tertiary alicyclic amines) is 1. The van der Waals surface area contributed by atoms with Gasteiger partial charge in [-0.1, -0.05) is 49.5 Å². The van der Waals surface area contributed by atoms with E-state index in [-0.39, 0.29) is 44.9 Å². The minimum atomic E-state index is -1.59. The van der Waals surface area contributed by atoms with Crippen molar-refractivity contribution in [3.05, 3.63) is 53.9 Å². The molecule has 6 rings (SSSR count). The van der Waals surface area contributed by atoms with Crippen LogP contribution >= 0.6 is 0 Å². The van der Waals surface area contributed by atoms with Gasteiger partial charge < -0.3 is 35.8 Å². The molecule has 4 amide bonds. The second-order valence-electron chi connectivity index (χ2n) is 15.1. The maximum atomic E-state index is 14.9. The second kappa shape index (κ2) is 15.6. The third-order valence-corrected chi connectivity index (χ3v) is 11.0. The van der Waals surface area contributed by atoms with Crippen molar-refractivity contribution in [2.24, 2.45) is 11.7 Å². The summed E-state index contributed by atoms with van der Waals surface area (Å²) in [5, 5.41) is 26.7.